The van der Waals surface area contributed by atoms with Gasteiger partial charge in [0.05, 0.1) is 17.8 Å². The number of halogens is 1. The Morgan fingerprint density at radius 2 is 2.05 bits per heavy atom. The van der Waals surface area contributed by atoms with Crippen molar-refractivity contribution in [1.29, 1.82) is 0 Å². The molecule has 0 spiro atoms. The van der Waals surface area contributed by atoms with E-state index in [0.29, 0.717) is 0 Å². The van der Waals surface area contributed by atoms with E-state index in [1.54, 1.807) is 12.3 Å². The monoisotopic (exact) mass is 295 g/mol. The number of nitrogens with one attached hydrogen (secondary N) is 1. The van der Waals surface area contributed by atoms with Gasteiger partial charge in [-0.1, -0.05) is 24.3 Å². The van der Waals surface area contributed by atoms with Gasteiger partial charge in [0, 0.05) is 5.54 Å². The third-order valence-electron chi connectivity index (χ3n) is 4.34. The summed E-state index contributed by atoms with van der Waals surface area (Å²) in [6.07, 6.45) is 2.75. The van der Waals surface area contributed by atoms with Gasteiger partial charge in [0.2, 0.25) is 5.95 Å². The highest BCUT2D eigenvalue weighted by Gasteiger charge is 2.32. The van der Waals surface area contributed by atoms with Crippen molar-refractivity contribution in [3.8, 4) is 0 Å². The third-order valence-corrected chi connectivity index (χ3v) is 4.34. The highest BCUT2D eigenvalue weighted by Crippen LogP contribution is 2.34. The molecule has 0 saturated carbocycles. The van der Waals surface area contributed by atoms with E-state index in [4.69, 9.17) is 0 Å². The highest BCUT2D eigenvalue weighted by atomic mass is 19.1. The summed E-state index contributed by atoms with van der Waals surface area (Å²) in [5.74, 6) is -0.334. The lowest BCUT2D eigenvalue weighted by atomic mass is 9.82. The summed E-state index contributed by atoms with van der Waals surface area (Å²) in [7, 11) is 0. The van der Waals surface area contributed by atoms with Gasteiger partial charge < -0.3 is 5.32 Å². The van der Waals surface area contributed by atoms with Crippen LogP contribution in [-0.4, -0.2) is 15.2 Å². The van der Waals surface area contributed by atoms with E-state index in [1.165, 1.54) is 21.7 Å². The Balaban J connectivity index is 1.86. The second kappa shape index (κ2) is 4.65. The Morgan fingerprint density at radius 3 is 2.91 bits per heavy atom. The molecule has 0 radical (unpaired) electrons. The molecule has 1 atom stereocenters. The molecule has 4 heteroatoms. The molecule has 1 aromatic carbocycles. The molecule has 3 aromatic rings. The lowest BCUT2D eigenvalue weighted by Gasteiger charge is -2.39. The number of fused-ring (bicyclic) bond motifs is 2. The fourth-order valence-electron chi connectivity index (χ4n) is 3.38. The lowest BCUT2D eigenvalue weighted by Crippen LogP contribution is -2.47. The molecule has 1 aliphatic heterocycles. The summed E-state index contributed by atoms with van der Waals surface area (Å²) in [5.41, 5.74) is 4.49. The van der Waals surface area contributed by atoms with Crippen LogP contribution in [0.3, 0.4) is 0 Å². The zero-order chi connectivity index (χ0) is 15.3. The molecule has 0 bridgehead atoms. The highest BCUT2D eigenvalue weighted by molar-refractivity contribution is 5.51. The van der Waals surface area contributed by atoms with Crippen LogP contribution in [0.15, 0.2) is 48.7 Å². The predicted molar refractivity (Wildman–Crippen MR) is 84.4 cm³/mol. The van der Waals surface area contributed by atoms with Crippen LogP contribution in [0.4, 0.5) is 4.39 Å². The summed E-state index contributed by atoms with van der Waals surface area (Å²) in [5, 5.41) is 7.93. The molecule has 3 nitrogen and oxygen atoms in total. The average molecular weight is 295 g/mol. The number of hydrogen-bond acceptors (Lipinski definition) is 2. The van der Waals surface area contributed by atoms with Crippen LogP contribution in [-0.2, 0) is 6.42 Å². The van der Waals surface area contributed by atoms with E-state index in [2.05, 4.69) is 48.5 Å². The van der Waals surface area contributed by atoms with Gasteiger partial charge in [-0.3, -0.25) is 0 Å². The van der Waals surface area contributed by atoms with Crippen LogP contribution in [0.25, 0.3) is 5.52 Å². The number of hydrogen-bond donors (Lipinski definition) is 1. The van der Waals surface area contributed by atoms with Gasteiger partial charge in [-0.2, -0.15) is 9.49 Å². The van der Waals surface area contributed by atoms with Crippen LogP contribution in [0.1, 0.15) is 36.6 Å². The van der Waals surface area contributed by atoms with Gasteiger partial charge in [-0.25, -0.2) is 4.52 Å². The van der Waals surface area contributed by atoms with E-state index < -0.39 is 0 Å². The van der Waals surface area contributed by atoms with Gasteiger partial charge in [0.25, 0.3) is 0 Å². The van der Waals surface area contributed by atoms with Crippen molar-refractivity contribution in [2.75, 3.05) is 0 Å². The largest absolute Gasteiger partial charge is 0.301 e. The first-order valence-corrected chi connectivity index (χ1v) is 7.52. The van der Waals surface area contributed by atoms with E-state index >= 15 is 0 Å². The molecule has 22 heavy (non-hydrogen) atoms. The topological polar surface area (TPSA) is 29.3 Å². The molecule has 0 amide bonds. The number of nitrogens with zero attached hydrogens (tertiary/aromatic N) is 2. The Hall–Kier alpha value is -2.20. The second-order valence-electron chi connectivity index (χ2n) is 6.62. The summed E-state index contributed by atoms with van der Waals surface area (Å²) in [6.45, 7) is 4.41. The maximum atomic E-state index is 13.6. The molecular formula is C18H18FN3. The van der Waals surface area contributed by atoms with Gasteiger partial charge in [-0.15, -0.1) is 0 Å². The van der Waals surface area contributed by atoms with Crippen LogP contribution in [0.5, 0.6) is 0 Å². The first kappa shape index (κ1) is 13.5. The first-order chi connectivity index (χ1) is 10.5. The minimum atomic E-state index is -0.334. The predicted octanol–water partition coefficient (Wildman–Crippen LogP) is 3.49. The zero-order valence-electron chi connectivity index (χ0n) is 12.7. The summed E-state index contributed by atoms with van der Waals surface area (Å²) >= 11 is 0. The molecule has 0 fully saturated rings. The van der Waals surface area contributed by atoms with Crippen LogP contribution < -0.4 is 5.32 Å². The minimum absolute atomic E-state index is 0.0123. The molecule has 0 aliphatic carbocycles. The van der Waals surface area contributed by atoms with Crippen molar-refractivity contribution < 1.29 is 4.39 Å². The SMILES string of the molecule is CC1(C)Cc2ccccc2C(c2cnn3c(F)ccc3c2)N1. The number of benzene rings is 1. The van der Waals surface area contributed by atoms with E-state index in [-0.39, 0.29) is 17.5 Å². The Labute approximate surface area is 128 Å². The summed E-state index contributed by atoms with van der Waals surface area (Å²) < 4.78 is 14.9. The number of aromatic nitrogens is 2. The standard InChI is InChI=1S/C18H18FN3/c1-18(2)10-12-5-3-4-6-15(12)17(21-18)13-9-14-7-8-16(19)22(14)20-11-13/h3-9,11,17,21H,10H2,1-2H3. The van der Waals surface area contributed by atoms with Gasteiger partial charge in [0.1, 0.15) is 0 Å². The summed E-state index contributed by atoms with van der Waals surface area (Å²) in [4.78, 5) is 0. The smallest absolute Gasteiger partial charge is 0.214 e. The average Bonchev–Trinajstić information content (AvgIpc) is 2.86. The molecule has 4 rings (SSSR count). The molecule has 0 saturated heterocycles. The molecule has 1 N–H and O–H groups in total. The third kappa shape index (κ3) is 2.11. The van der Waals surface area contributed by atoms with Crippen molar-refractivity contribution in [3.05, 3.63) is 71.3 Å². The van der Waals surface area contributed by atoms with E-state index in [9.17, 15) is 4.39 Å². The van der Waals surface area contributed by atoms with E-state index in [0.717, 1.165) is 17.5 Å². The molecule has 112 valence electrons. The minimum Gasteiger partial charge on any atom is -0.301 e. The Morgan fingerprint density at radius 1 is 1.23 bits per heavy atom. The first-order valence-electron chi connectivity index (χ1n) is 7.52. The van der Waals surface area contributed by atoms with Gasteiger partial charge in [0.15, 0.2) is 0 Å². The fraction of sp³-hybridized carbons (Fsp3) is 0.278. The van der Waals surface area contributed by atoms with Crippen molar-refractivity contribution in [2.24, 2.45) is 0 Å². The molecule has 2 aromatic heterocycles. The van der Waals surface area contributed by atoms with E-state index in [1.807, 2.05) is 6.07 Å². The van der Waals surface area contributed by atoms with Crippen molar-refractivity contribution >= 4 is 5.52 Å². The summed E-state index contributed by atoms with van der Waals surface area (Å²) in [6, 6.07) is 13.8. The Kier molecular flexibility index (Phi) is 2.84. The maximum absolute atomic E-state index is 13.6. The normalized spacial score (nSPS) is 20.0. The maximum Gasteiger partial charge on any atom is 0.214 e. The van der Waals surface area contributed by atoms with Crippen LogP contribution >= 0.6 is 0 Å². The van der Waals surface area contributed by atoms with Crippen LogP contribution in [0, 0.1) is 5.95 Å². The molecule has 3 heterocycles. The van der Waals surface area contributed by atoms with Crippen LogP contribution in [0.2, 0.25) is 0 Å². The van der Waals surface area contributed by atoms with Crippen molar-refractivity contribution in [1.82, 2.24) is 14.9 Å². The quantitative estimate of drug-likeness (QED) is 0.744. The Bertz CT molecular complexity index is 850. The lowest BCUT2D eigenvalue weighted by molar-refractivity contribution is 0.333. The zero-order valence-corrected chi connectivity index (χ0v) is 12.7. The second-order valence-corrected chi connectivity index (χ2v) is 6.62. The van der Waals surface area contributed by atoms with Gasteiger partial charge in [-0.05, 0) is 55.2 Å². The molecular weight excluding hydrogens is 277 g/mol. The number of rotatable bonds is 1. The van der Waals surface area contributed by atoms with Gasteiger partial charge >= 0.3 is 0 Å². The van der Waals surface area contributed by atoms with Crippen molar-refractivity contribution in [3.63, 3.8) is 0 Å². The fourth-order valence-corrected chi connectivity index (χ4v) is 3.38. The molecule has 1 unspecified atom stereocenters. The van der Waals surface area contributed by atoms with Crippen molar-refractivity contribution in [2.45, 2.75) is 31.8 Å². The molecule has 1 aliphatic rings.